The predicted molar refractivity (Wildman–Crippen MR) is 107 cm³/mol. The Balaban J connectivity index is 1.58. The molecule has 2 unspecified atom stereocenters. The summed E-state index contributed by atoms with van der Waals surface area (Å²) in [5.74, 6) is -2.37. The van der Waals surface area contributed by atoms with Gasteiger partial charge in [-0.15, -0.1) is 0 Å². The molecule has 31 heavy (non-hydrogen) atoms. The number of para-hydroxylation sites is 1. The largest absolute Gasteiger partial charge is 0.491 e. The summed E-state index contributed by atoms with van der Waals surface area (Å²) in [7, 11) is 0. The molecule has 0 bridgehead atoms. The van der Waals surface area contributed by atoms with Crippen LogP contribution < -0.4 is 15.4 Å². The number of anilines is 1. The predicted octanol–water partition coefficient (Wildman–Crippen LogP) is 3.68. The van der Waals surface area contributed by atoms with Gasteiger partial charge < -0.3 is 10.1 Å². The molecule has 1 aromatic heterocycles. The van der Waals surface area contributed by atoms with Gasteiger partial charge in [-0.05, 0) is 37.8 Å². The number of benzene rings is 1. The molecule has 0 saturated heterocycles. The highest BCUT2D eigenvalue weighted by Crippen LogP contribution is 2.46. The minimum atomic E-state index is -5.18. The van der Waals surface area contributed by atoms with Gasteiger partial charge in [0.2, 0.25) is 5.13 Å². The summed E-state index contributed by atoms with van der Waals surface area (Å²) in [4.78, 5) is 28.5. The molecule has 11 heteroatoms. The van der Waals surface area contributed by atoms with E-state index in [0.29, 0.717) is 30.1 Å². The first-order chi connectivity index (χ1) is 14.8. The highest BCUT2D eigenvalue weighted by Gasteiger charge is 2.45. The van der Waals surface area contributed by atoms with E-state index in [1.165, 1.54) is 18.9 Å². The normalized spacial score (nSPS) is 20.4. The van der Waals surface area contributed by atoms with Crippen molar-refractivity contribution in [3.8, 4) is 5.75 Å². The van der Waals surface area contributed by atoms with Gasteiger partial charge in [0.15, 0.2) is 0 Å². The molecule has 166 valence electrons. The van der Waals surface area contributed by atoms with Crippen LogP contribution >= 0.6 is 11.5 Å². The standard InChI is InChI=1S/C20H21F3N4O3S/c1-2-15-25-19(31-27-15)26-17(28)12-5-3-4-11(16(12)30-18(29)20(21,22)23)13-8-14(13)24-9-10-6-7-10/h3-5,10,13-14,24H,2,6-9H2,1H3,(H,25,26,27,28). The maximum absolute atomic E-state index is 12.9. The molecular weight excluding hydrogens is 433 g/mol. The van der Waals surface area contributed by atoms with Crippen molar-refractivity contribution in [3.05, 3.63) is 35.2 Å². The zero-order valence-corrected chi connectivity index (χ0v) is 17.5. The molecule has 2 saturated carbocycles. The number of ether oxygens (including phenoxy) is 1. The van der Waals surface area contributed by atoms with Crippen LogP contribution in [0, 0.1) is 5.92 Å². The van der Waals surface area contributed by atoms with Crippen LogP contribution in [0.3, 0.4) is 0 Å². The molecule has 0 aliphatic heterocycles. The van der Waals surface area contributed by atoms with E-state index in [2.05, 4.69) is 20.0 Å². The van der Waals surface area contributed by atoms with Gasteiger partial charge >= 0.3 is 12.1 Å². The van der Waals surface area contributed by atoms with Crippen molar-refractivity contribution in [3.63, 3.8) is 0 Å². The summed E-state index contributed by atoms with van der Waals surface area (Å²) in [5.41, 5.74) is 0.251. The van der Waals surface area contributed by atoms with Crippen molar-refractivity contribution in [1.82, 2.24) is 14.7 Å². The lowest BCUT2D eigenvalue weighted by Crippen LogP contribution is -2.29. The number of carbonyl (C=O) groups excluding carboxylic acids is 2. The smallest absolute Gasteiger partial charge is 0.419 e. The number of carbonyl (C=O) groups is 2. The minimum absolute atomic E-state index is 0.0810. The van der Waals surface area contributed by atoms with E-state index in [9.17, 15) is 22.8 Å². The van der Waals surface area contributed by atoms with Crippen molar-refractivity contribution in [1.29, 1.82) is 0 Å². The lowest BCUT2D eigenvalue weighted by molar-refractivity contribution is -0.189. The van der Waals surface area contributed by atoms with Crippen molar-refractivity contribution in [2.24, 2.45) is 5.92 Å². The second kappa shape index (κ2) is 8.54. The van der Waals surface area contributed by atoms with Gasteiger partial charge in [0.1, 0.15) is 11.6 Å². The van der Waals surface area contributed by atoms with Crippen molar-refractivity contribution in [2.75, 3.05) is 11.9 Å². The molecule has 2 aliphatic carbocycles. The summed E-state index contributed by atoms with van der Waals surface area (Å²) in [5, 5.41) is 6.14. The third-order valence-electron chi connectivity index (χ3n) is 5.28. The zero-order valence-electron chi connectivity index (χ0n) is 16.7. The van der Waals surface area contributed by atoms with Gasteiger partial charge in [-0.1, -0.05) is 19.1 Å². The molecule has 4 rings (SSSR count). The molecule has 1 amide bonds. The van der Waals surface area contributed by atoms with Crippen molar-refractivity contribution >= 4 is 28.5 Å². The molecule has 2 aromatic rings. The summed E-state index contributed by atoms with van der Waals surface area (Å²) < 4.78 is 47.5. The van der Waals surface area contributed by atoms with Crippen LogP contribution in [0.25, 0.3) is 0 Å². The van der Waals surface area contributed by atoms with E-state index in [-0.39, 0.29) is 28.4 Å². The van der Waals surface area contributed by atoms with E-state index >= 15 is 0 Å². The Bertz CT molecular complexity index is 990. The van der Waals surface area contributed by atoms with Crippen LogP contribution in [0.15, 0.2) is 18.2 Å². The zero-order chi connectivity index (χ0) is 22.2. The third kappa shape index (κ3) is 5.21. The maximum atomic E-state index is 12.9. The third-order valence-corrected chi connectivity index (χ3v) is 5.94. The molecule has 0 radical (unpaired) electrons. The molecule has 2 atom stereocenters. The van der Waals surface area contributed by atoms with E-state index in [1.54, 1.807) is 12.1 Å². The summed E-state index contributed by atoms with van der Waals surface area (Å²) in [6.45, 7) is 2.71. The molecule has 0 spiro atoms. The highest BCUT2D eigenvalue weighted by atomic mass is 32.1. The van der Waals surface area contributed by atoms with Crippen LogP contribution in [-0.4, -0.2) is 40.0 Å². The van der Waals surface area contributed by atoms with Crippen LogP contribution in [0.2, 0.25) is 0 Å². The Morgan fingerprint density at radius 3 is 2.71 bits per heavy atom. The molecule has 7 nitrogen and oxygen atoms in total. The molecular formula is C20H21F3N4O3S. The summed E-state index contributed by atoms with van der Waals surface area (Å²) in [6, 6.07) is 4.58. The Labute approximate surface area is 180 Å². The molecule has 2 aliphatic rings. The van der Waals surface area contributed by atoms with Gasteiger partial charge in [-0.2, -0.15) is 17.5 Å². The Morgan fingerprint density at radius 2 is 2.06 bits per heavy atom. The average molecular weight is 454 g/mol. The second-order valence-electron chi connectivity index (χ2n) is 7.73. The molecule has 1 aromatic carbocycles. The molecule has 2 N–H and O–H groups in total. The van der Waals surface area contributed by atoms with Gasteiger partial charge in [-0.3, -0.25) is 10.1 Å². The number of esters is 1. The number of halogens is 3. The van der Waals surface area contributed by atoms with Gasteiger partial charge in [0, 0.05) is 35.5 Å². The van der Waals surface area contributed by atoms with Gasteiger partial charge in [0.25, 0.3) is 5.91 Å². The minimum Gasteiger partial charge on any atom is -0.419 e. The number of hydrogen-bond donors (Lipinski definition) is 2. The SMILES string of the molecule is CCc1nsc(NC(=O)c2cccc(C3CC3NCC3CC3)c2OC(=O)C(F)(F)F)n1. The number of rotatable bonds is 8. The van der Waals surface area contributed by atoms with Crippen LogP contribution in [0.4, 0.5) is 18.3 Å². The van der Waals surface area contributed by atoms with Gasteiger partial charge in [0.05, 0.1) is 5.56 Å². The van der Waals surface area contributed by atoms with Crippen LogP contribution in [-0.2, 0) is 11.2 Å². The number of nitrogens with one attached hydrogen (secondary N) is 2. The Kier molecular flexibility index (Phi) is 5.98. The summed E-state index contributed by atoms with van der Waals surface area (Å²) >= 11 is 0.969. The van der Waals surface area contributed by atoms with E-state index in [1.807, 2.05) is 6.92 Å². The van der Waals surface area contributed by atoms with Crippen molar-refractivity contribution in [2.45, 2.75) is 50.7 Å². The Hall–Kier alpha value is -2.53. The fourth-order valence-corrected chi connectivity index (χ4v) is 3.95. The van der Waals surface area contributed by atoms with E-state index in [4.69, 9.17) is 4.74 Å². The lowest BCUT2D eigenvalue weighted by Gasteiger charge is -2.15. The quantitative estimate of drug-likeness (QED) is 0.467. The first-order valence-corrected chi connectivity index (χ1v) is 10.8. The number of hydrogen-bond acceptors (Lipinski definition) is 7. The maximum Gasteiger partial charge on any atom is 0.491 e. The monoisotopic (exact) mass is 454 g/mol. The fraction of sp³-hybridized carbons (Fsp3) is 0.500. The number of aromatic nitrogens is 2. The first-order valence-electron chi connectivity index (χ1n) is 10.1. The second-order valence-corrected chi connectivity index (χ2v) is 8.49. The number of amides is 1. The van der Waals surface area contributed by atoms with Crippen LogP contribution in [0.1, 0.15) is 53.8 Å². The van der Waals surface area contributed by atoms with Crippen LogP contribution in [0.5, 0.6) is 5.75 Å². The molecule has 2 fully saturated rings. The Morgan fingerprint density at radius 1 is 1.29 bits per heavy atom. The number of nitrogens with zero attached hydrogens (tertiary/aromatic N) is 2. The number of alkyl halides is 3. The van der Waals surface area contributed by atoms with E-state index in [0.717, 1.165) is 18.1 Å². The lowest BCUT2D eigenvalue weighted by atomic mass is 10.0. The fourth-order valence-electron chi connectivity index (χ4n) is 3.31. The van der Waals surface area contributed by atoms with Gasteiger partial charge in [-0.25, -0.2) is 9.78 Å². The molecule has 1 heterocycles. The average Bonchev–Trinajstić information content (AvgIpc) is 3.64. The first kappa shape index (κ1) is 21.7. The highest BCUT2D eigenvalue weighted by molar-refractivity contribution is 7.09. The topological polar surface area (TPSA) is 93.2 Å². The number of aryl methyl sites for hydroxylation is 1. The summed E-state index contributed by atoms with van der Waals surface area (Å²) in [6.07, 6.45) is -1.54. The van der Waals surface area contributed by atoms with Crippen molar-refractivity contribution < 1.29 is 27.5 Å². The van der Waals surface area contributed by atoms with E-state index < -0.39 is 18.1 Å².